The van der Waals surface area contributed by atoms with Gasteiger partial charge in [0.05, 0.1) is 43.0 Å². The molecule has 0 saturated carbocycles. The van der Waals surface area contributed by atoms with Crippen LogP contribution >= 0.6 is 0 Å². The summed E-state index contributed by atoms with van der Waals surface area (Å²) < 4.78 is 50.7. The molecular weight excluding hydrogens is 1440 g/mol. The third-order valence-corrected chi connectivity index (χ3v) is 21.0. The molecule has 28 nitrogen and oxygen atoms in total. The van der Waals surface area contributed by atoms with Crippen molar-refractivity contribution in [2.24, 2.45) is 29.6 Å². The largest absolute Gasteiger partial charge is 0.457 e. The van der Waals surface area contributed by atoms with Crippen molar-refractivity contribution in [3.05, 3.63) is 93.2 Å². The normalized spacial score (nSPS) is 36.4. The number of ether oxygens (including phenoxy) is 9. The number of esters is 5. The van der Waals surface area contributed by atoms with Gasteiger partial charge in [0, 0.05) is 64.2 Å². The van der Waals surface area contributed by atoms with Gasteiger partial charge in [-0.25, -0.2) is 0 Å². The van der Waals surface area contributed by atoms with Crippen LogP contribution < -0.4 is 0 Å². The van der Waals surface area contributed by atoms with Gasteiger partial charge in [0.25, 0.3) is 0 Å². The van der Waals surface area contributed by atoms with E-state index in [1.165, 1.54) is 0 Å². The summed E-state index contributed by atoms with van der Waals surface area (Å²) in [4.78, 5) is 112. The Hall–Kier alpha value is -6.61. The summed E-state index contributed by atoms with van der Waals surface area (Å²) in [6, 6.07) is 0. The molecule has 0 radical (unpaired) electrons. The Morgan fingerprint density at radius 2 is 0.766 bits per heavy atom. The zero-order chi connectivity index (χ0) is 84.0. The highest BCUT2D eigenvalue weighted by molar-refractivity contribution is 5.88. The maximum Gasteiger partial charge on any atom is 0.309 e. The Kier molecular flexibility index (Phi) is 43.1. The quantitative estimate of drug-likeness (QED) is 0.0493. The highest BCUT2D eigenvalue weighted by atomic mass is 16.7. The Bertz CT molecular complexity index is 3340. The lowest BCUT2D eigenvalue weighted by atomic mass is 9.94. The van der Waals surface area contributed by atoms with E-state index >= 15 is 0 Å². The molecule has 23 atom stereocenters. The van der Waals surface area contributed by atoms with Crippen molar-refractivity contribution >= 4 is 53.0 Å². The number of aliphatic hydroxyl groups is 10. The molecule has 2 saturated heterocycles. The molecule has 628 valence electrons. The summed E-state index contributed by atoms with van der Waals surface area (Å²) in [6.45, 7) is 31.2. The van der Waals surface area contributed by atoms with E-state index in [-0.39, 0.29) is 87.0 Å². The lowest BCUT2D eigenvalue weighted by Crippen LogP contribution is -2.45. The molecule has 0 aromatic carbocycles. The molecule has 0 amide bonds. The fourth-order valence-corrected chi connectivity index (χ4v) is 12.1. The van der Waals surface area contributed by atoms with E-state index in [0.29, 0.717) is 55.2 Å². The first-order chi connectivity index (χ1) is 52.1. The van der Waals surface area contributed by atoms with Crippen molar-refractivity contribution in [3.63, 3.8) is 0 Å². The van der Waals surface area contributed by atoms with Crippen LogP contribution in [0.15, 0.2) is 93.2 Å². The van der Waals surface area contributed by atoms with Crippen LogP contribution in [0.3, 0.4) is 0 Å². The van der Waals surface area contributed by atoms with Gasteiger partial charge in [-0.15, -0.1) is 0 Å². The number of carbonyl (C=O) groups excluding carboxylic acids is 9. The minimum atomic E-state index is -1.55. The molecule has 6 heterocycles. The van der Waals surface area contributed by atoms with E-state index < -0.39 is 176 Å². The van der Waals surface area contributed by atoms with Crippen LogP contribution in [0.25, 0.3) is 0 Å². The summed E-state index contributed by atoms with van der Waals surface area (Å²) in [5, 5.41) is 100. The fourth-order valence-electron chi connectivity index (χ4n) is 12.1. The van der Waals surface area contributed by atoms with Crippen LogP contribution in [0.5, 0.6) is 0 Å². The topological polar surface area (TPSA) is 439 Å². The number of rotatable bonds is 13. The molecule has 10 N–H and O–H groups in total. The Labute approximate surface area is 654 Å². The van der Waals surface area contributed by atoms with Crippen LogP contribution in [-0.4, -0.2) is 234 Å². The van der Waals surface area contributed by atoms with Gasteiger partial charge in [-0.2, -0.15) is 0 Å². The molecule has 23 unspecified atom stereocenters. The number of carbonyl (C=O) groups is 9. The standard InChI is InChI=1S/C27H42O10.C22H34O9.C17H26O5.C17H26O4/c1-7-15(4)19-11-9-16(5)24(37-27-23(32)22(31)20(13-28)35-27)25(36-21(30)12-14(2)3)18(29)10-8-17(6)26(33)34-19;1-5-11(2)15-9-7-12(3)20(31-22-19(27)18(26)16(10-23)30-22)17(25)14(24)8-6-13(4)21(28)29-15;1-5-10(2)14-9-7-11(3)15(19)16(20)13(18)8-6-12(4)17(21)22-14;1-5-11(2)16-9-7-12(3)15(19)10-14(18)8-6-13(4)17(20)21-16/h7,9,14,17,19-20,22-25,27-28,31-32H,8,10-13H2,1-6H3;5,7,13,15-20,22-23,25-27H,6,8-10H2,1-4H3;5,7,12,14-16,19-20H,6,8-9H2,1-4H3;5,7,13,15-16,19H,6,8-10H2,1-4H3/b15-7-,16-9+;11-5-,12-7+;10-5-,11-7+;11-5-,12-7+. The van der Waals surface area contributed by atoms with E-state index in [1.807, 2.05) is 99.6 Å². The third kappa shape index (κ3) is 30.9. The van der Waals surface area contributed by atoms with Gasteiger partial charge in [-0.05, 0) is 159 Å². The van der Waals surface area contributed by atoms with Gasteiger partial charge in [0.1, 0.15) is 97.3 Å². The summed E-state index contributed by atoms with van der Waals surface area (Å²) in [6.07, 6.45) is -3.31. The molecule has 0 bridgehead atoms. The van der Waals surface area contributed by atoms with Gasteiger partial charge < -0.3 is 93.7 Å². The number of hydrogen-bond acceptors (Lipinski definition) is 28. The van der Waals surface area contributed by atoms with Crippen molar-refractivity contribution in [3.8, 4) is 0 Å². The zero-order valence-electron chi connectivity index (χ0n) is 68.1. The molecule has 6 rings (SSSR count). The molecule has 0 spiro atoms. The van der Waals surface area contributed by atoms with Gasteiger partial charge in [-0.3, -0.25) is 43.2 Å². The SMILES string of the molecule is C/C=C(/C)C1C/C=C(\C)C(O)C(O)C(=O)CCC(C)C(=O)O1.C/C=C(/C)C1C/C=C(\C)C(O)CC(=O)CCC(C)C(=O)O1.C/C=C(/C)C1C/C=C(\C)C(OC2OC(CO)C(O)C2O)C(O)C(=O)CCC(C)C(=O)O1.C/C=C(/C)C1C/C=C(\C)C(OC2OC(CO)C(O)C2O)C(OC(=O)CC(C)C)C(=O)CCC(C)C(=O)O1. The summed E-state index contributed by atoms with van der Waals surface area (Å²) in [5.41, 5.74) is 5.85. The minimum absolute atomic E-state index is 0.00957. The molecule has 0 aliphatic carbocycles. The molecule has 0 aromatic rings. The van der Waals surface area contributed by atoms with E-state index in [9.17, 15) is 94.2 Å². The summed E-state index contributed by atoms with van der Waals surface area (Å²) >= 11 is 0. The maximum atomic E-state index is 13.4. The van der Waals surface area contributed by atoms with Gasteiger partial charge in [0.2, 0.25) is 0 Å². The molecule has 6 aliphatic heterocycles. The lowest BCUT2D eigenvalue weighted by Gasteiger charge is -2.31. The van der Waals surface area contributed by atoms with Crippen LogP contribution in [0.1, 0.15) is 215 Å². The van der Waals surface area contributed by atoms with E-state index in [0.717, 1.165) is 27.9 Å². The van der Waals surface area contributed by atoms with E-state index in [2.05, 4.69) is 0 Å². The molecule has 111 heavy (non-hydrogen) atoms. The first-order valence-corrected chi connectivity index (χ1v) is 38.7. The van der Waals surface area contributed by atoms with Crippen molar-refractivity contribution in [2.75, 3.05) is 13.2 Å². The van der Waals surface area contributed by atoms with Crippen LogP contribution in [0, 0.1) is 29.6 Å². The van der Waals surface area contributed by atoms with Crippen molar-refractivity contribution in [2.45, 2.75) is 331 Å². The average Bonchev–Trinajstić information content (AvgIpc) is 1.70. The predicted molar refractivity (Wildman–Crippen MR) is 408 cm³/mol. The molecular formula is C83H128O28. The molecule has 2 fully saturated rings. The second-order valence-electron chi connectivity index (χ2n) is 30.4. The van der Waals surface area contributed by atoms with Crippen LogP contribution in [-0.2, 0) is 85.8 Å². The van der Waals surface area contributed by atoms with E-state index in [4.69, 9.17) is 42.6 Å². The molecule has 0 aromatic heterocycles. The zero-order valence-corrected chi connectivity index (χ0v) is 68.1. The maximum absolute atomic E-state index is 13.4. The number of ketones is 4. The highest BCUT2D eigenvalue weighted by Gasteiger charge is 2.48. The number of allylic oxidation sites excluding steroid dienone is 4. The predicted octanol–water partition coefficient (Wildman–Crippen LogP) is 7.24. The first kappa shape index (κ1) is 98.6. The van der Waals surface area contributed by atoms with Crippen LogP contribution in [0.4, 0.5) is 0 Å². The first-order valence-electron chi connectivity index (χ1n) is 38.7. The number of hydrogen-bond donors (Lipinski definition) is 10. The summed E-state index contributed by atoms with van der Waals surface area (Å²) in [7, 11) is 0. The molecule has 6 aliphatic rings. The lowest BCUT2D eigenvalue weighted by molar-refractivity contribution is -0.209. The Morgan fingerprint density at radius 1 is 0.441 bits per heavy atom. The van der Waals surface area contributed by atoms with E-state index in [1.54, 1.807) is 73.6 Å². The number of aliphatic hydroxyl groups excluding tert-OH is 10. The van der Waals surface area contributed by atoms with Crippen LogP contribution in [0.2, 0.25) is 0 Å². The second-order valence-corrected chi connectivity index (χ2v) is 30.4. The minimum Gasteiger partial charge on any atom is -0.457 e. The van der Waals surface area contributed by atoms with Crippen molar-refractivity contribution in [1.82, 2.24) is 0 Å². The fraction of sp³-hybridized carbons (Fsp3) is 0.699. The highest BCUT2D eigenvalue weighted by Crippen LogP contribution is 2.33. The smallest absolute Gasteiger partial charge is 0.309 e. The molecule has 28 heteroatoms. The van der Waals surface area contributed by atoms with Gasteiger partial charge >= 0.3 is 29.8 Å². The Balaban J connectivity index is 0.000000394. The second kappa shape index (κ2) is 48.6. The average molecular weight is 1570 g/mol. The van der Waals surface area contributed by atoms with Crippen molar-refractivity contribution < 1.29 is 137 Å². The van der Waals surface area contributed by atoms with Crippen molar-refractivity contribution in [1.29, 1.82) is 0 Å². The monoisotopic (exact) mass is 1570 g/mol. The number of cyclic esters (lactones) is 4. The summed E-state index contributed by atoms with van der Waals surface area (Å²) in [5.74, 6) is -5.29. The van der Waals surface area contributed by atoms with Gasteiger partial charge in [0.15, 0.2) is 36.0 Å². The third-order valence-electron chi connectivity index (χ3n) is 21.0. The number of Topliss-reactive ketones (excluding diaryl/α,β-unsaturated/α-hetero) is 4. The van der Waals surface area contributed by atoms with Gasteiger partial charge in [-0.1, -0.05) is 90.2 Å². The Morgan fingerprint density at radius 3 is 1.12 bits per heavy atom.